The van der Waals surface area contributed by atoms with Crippen LogP contribution in [0.3, 0.4) is 0 Å². The zero-order valence-corrected chi connectivity index (χ0v) is 9.83. The largest absolute Gasteiger partial charge is 0.476 e. The molecular formula is C10H12N4O2S. The fourth-order valence-electron chi connectivity index (χ4n) is 1.42. The van der Waals surface area contributed by atoms with E-state index in [1.807, 2.05) is 0 Å². The molecule has 0 aliphatic rings. The minimum atomic E-state index is -1.00. The minimum Gasteiger partial charge on any atom is -0.476 e. The van der Waals surface area contributed by atoms with Gasteiger partial charge >= 0.3 is 5.97 Å². The second kappa shape index (κ2) is 5.44. The van der Waals surface area contributed by atoms with E-state index in [0.717, 1.165) is 18.7 Å². The summed E-state index contributed by atoms with van der Waals surface area (Å²) in [6.45, 7) is 0.698. The fraction of sp³-hybridized carbons (Fsp3) is 0.300. The average molecular weight is 252 g/mol. The predicted octanol–water partition coefficient (Wildman–Crippen LogP) is 1.61. The molecular weight excluding hydrogens is 240 g/mol. The number of rotatable bonds is 6. The minimum absolute atomic E-state index is 0.0907. The Kier molecular flexibility index (Phi) is 3.71. The Hall–Kier alpha value is -1.89. The molecule has 0 atom stereocenters. The zero-order valence-electron chi connectivity index (χ0n) is 9.01. The van der Waals surface area contributed by atoms with Gasteiger partial charge in [-0.05, 0) is 6.42 Å². The highest BCUT2D eigenvalue weighted by atomic mass is 32.1. The smallest absolute Gasteiger partial charge is 0.357 e. The van der Waals surface area contributed by atoms with Gasteiger partial charge in [0.2, 0.25) is 0 Å². The number of aromatic amines is 1. The summed E-state index contributed by atoms with van der Waals surface area (Å²) in [4.78, 5) is 21.7. The third kappa shape index (κ3) is 3.04. The van der Waals surface area contributed by atoms with Crippen LogP contribution < -0.4 is 5.32 Å². The summed E-state index contributed by atoms with van der Waals surface area (Å²) >= 11 is 1.30. The molecule has 0 amide bonds. The van der Waals surface area contributed by atoms with Gasteiger partial charge in [0.15, 0.2) is 5.69 Å². The second-order valence-electron chi connectivity index (χ2n) is 3.40. The van der Waals surface area contributed by atoms with Crippen LogP contribution in [0, 0.1) is 0 Å². The van der Waals surface area contributed by atoms with E-state index in [1.165, 1.54) is 16.8 Å². The van der Waals surface area contributed by atoms with E-state index in [2.05, 4.69) is 20.3 Å². The maximum absolute atomic E-state index is 10.8. The molecule has 0 radical (unpaired) electrons. The van der Waals surface area contributed by atoms with Gasteiger partial charge < -0.3 is 15.4 Å². The van der Waals surface area contributed by atoms with Gasteiger partial charge in [-0.15, -0.1) is 11.3 Å². The molecule has 2 heterocycles. The lowest BCUT2D eigenvalue weighted by Crippen LogP contribution is -2.07. The van der Waals surface area contributed by atoms with Crippen molar-refractivity contribution in [2.24, 2.45) is 0 Å². The number of carbonyl (C=O) groups is 1. The van der Waals surface area contributed by atoms with Gasteiger partial charge in [0.25, 0.3) is 0 Å². The summed E-state index contributed by atoms with van der Waals surface area (Å²) in [6.07, 6.45) is 5.22. The lowest BCUT2D eigenvalue weighted by atomic mass is 10.3. The number of thiazole rings is 1. The summed E-state index contributed by atoms with van der Waals surface area (Å²) < 4.78 is 0. The lowest BCUT2D eigenvalue weighted by Gasteiger charge is -2.03. The van der Waals surface area contributed by atoms with Gasteiger partial charge in [0, 0.05) is 25.4 Å². The highest BCUT2D eigenvalue weighted by Crippen LogP contribution is 2.19. The fourth-order valence-corrected chi connectivity index (χ4v) is 2.12. The summed E-state index contributed by atoms with van der Waals surface area (Å²) in [5, 5.41) is 12.5. The van der Waals surface area contributed by atoms with Crippen molar-refractivity contribution < 1.29 is 9.90 Å². The number of aromatic carboxylic acids is 1. The first kappa shape index (κ1) is 11.6. The van der Waals surface area contributed by atoms with Gasteiger partial charge in [-0.2, -0.15) is 0 Å². The highest BCUT2D eigenvalue weighted by Gasteiger charge is 2.12. The van der Waals surface area contributed by atoms with Crippen molar-refractivity contribution in [3.05, 3.63) is 29.4 Å². The van der Waals surface area contributed by atoms with E-state index >= 15 is 0 Å². The lowest BCUT2D eigenvalue weighted by molar-refractivity contribution is 0.0692. The third-order valence-electron chi connectivity index (χ3n) is 2.20. The molecule has 0 bridgehead atoms. The molecule has 0 saturated carbocycles. The van der Waals surface area contributed by atoms with E-state index < -0.39 is 5.97 Å². The number of anilines is 1. The number of nitrogens with zero attached hydrogens (tertiary/aromatic N) is 2. The molecule has 2 rings (SSSR count). The molecule has 0 unspecified atom stereocenters. The maximum atomic E-state index is 10.8. The van der Waals surface area contributed by atoms with Crippen LogP contribution in [0.2, 0.25) is 0 Å². The van der Waals surface area contributed by atoms with Gasteiger partial charge in [-0.1, -0.05) is 0 Å². The molecule has 6 nitrogen and oxygen atoms in total. The van der Waals surface area contributed by atoms with Crippen LogP contribution in [-0.4, -0.2) is 32.6 Å². The van der Waals surface area contributed by atoms with Crippen molar-refractivity contribution in [2.75, 3.05) is 11.9 Å². The Bertz CT molecular complexity index is 480. The van der Waals surface area contributed by atoms with Crippen molar-refractivity contribution in [3.8, 4) is 0 Å². The Labute approximate surface area is 102 Å². The average Bonchev–Trinajstić information content (AvgIpc) is 2.95. The molecule has 7 heteroatoms. The molecule has 0 aliphatic heterocycles. The number of hydrogen-bond donors (Lipinski definition) is 3. The Balaban J connectivity index is 1.78. The zero-order chi connectivity index (χ0) is 12.1. The molecule has 90 valence electrons. The Morgan fingerprint density at radius 1 is 1.53 bits per heavy atom. The molecule has 0 aromatic carbocycles. The SMILES string of the molecule is O=C(O)c1ncsc1NCCCc1ncc[nH]1. The number of imidazole rings is 1. The van der Waals surface area contributed by atoms with Crippen LogP contribution >= 0.6 is 11.3 Å². The number of carboxylic acids is 1. The number of H-pyrrole nitrogens is 1. The van der Waals surface area contributed by atoms with Gasteiger partial charge in [-0.3, -0.25) is 0 Å². The molecule has 2 aromatic rings. The number of hydrogen-bond acceptors (Lipinski definition) is 5. The van der Waals surface area contributed by atoms with Crippen molar-refractivity contribution in [2.45, 2.75) is 12.8 Å². The van der Waals surface area contributed by atoms with E-state index in [-0.39, 0.29) is 5.69 Å². The van der Waals surface area contributed by atoms with Crippen LogP contribution in [0.15, 0.2) is 17.9 Å². The second-order valence-corrected chi connectivity index (χ2v) is 4.26. The normalized spacial score (nSPS) is 10.4. The Morgan fingerprint density at radius 3 is 3.12 bits per heavy atom. The van der Waals surface area contributed by atoms with Crippen molar-refractivity contribution in [1.29, 1.82) is 0 Å². The number of carboxylic acid groups (broad SMARTS) is 1. The first-order valence-electron chi connectivity index (χ1n) is 5.16. The van der Waals surface area contributed by atoms with Crippen LogP contribution in [0.4, 0.5) is 5.00 Å². The molecule has 0 saturated heterocycles. The summed E-state index contributed by atoms with van der Waals surface area (Å²) in [5.41, 5.74) is 1.62. The quantitative estimate of drug-likeness (QED) is 0.679. The summed E-state index contributed by atoms with van der Waals surface area (Å²) in [7, 11) is 0. The topological polar surface area (TPSA) is 90.9 Å². The van der Waals surface area contributed by atoms with Gasteiger partial charge in [0.05, 0.1) is 5.51 Å². The standard InChI is InChI=1S/C10H12N4O2S/c15-10(16)8-9(17-6-14-8)13-3-1-2-7-11-4-5-12-7/h4-6,13H,1-3H2,(H,11,12)(H,15,16). The number of aryl methyl sites for hydroxylation is 1. The third-order valence-corrected chi connectivity index (χ3v) is 2.98. The molecule has 0 aliphatic carbocycles. The van der Waals surface area contributed by atoms with E-state index in [1.54, 1.807) is 12.4 Å². The first-order chi connectivity index (χ1) is 8.27. The summed E-state index contributed by atoms with van der Waals surface area (Å²) in [5.74, 6) is -0.0608. The highest BCUT2D eigenvalue weighted by molar-refractivity contribution is 7.14. The van der Waals surface area contributed by atoms with E-state index in [4.69, 9.17) is 5.11 Å². The van der Waals surface area contributed by atoms with Crippen molar-refractivity contribution in [1.82, 2.24) is 15.0 Å². The number of nitrogens with one attached hydrogen (secondary N) is 2. The molecule has 17 heavy (non-hydrogen) atoms. The first-order valence-corrected chi connectivity index (χ1v) is 6.04. The maximum Gasteiger partial charge on any atom is 0.357 e. The molecule has 0 spiro atoms. The molecule has 0 fully saturated rings. The van der Waals surface area contributed by atoms with E-state index in [0.29, 0.717) is 11.5 Å². The monoisotopic (exact) mass is 252 g/mol. The van der Waals surface area contributed by atoms with Crippen LogP contribution in [0.5, 0.6) is 0 Å². The Morgan fingerprint density at radius 2 is 2.41 bits per heavy atom. The molecule has 3 N–H and O–H groups in total. The van der Waals surface area contributed by atoms with E-state index in [9.17, 15) is 4.79 Å². The number of aromatic nitrogens is 3. The van der Waals surface area contributed by atoms with Crippen molar-refractivity contribution >= 4 is 22.3 Å². The van der Waals surface area contributed by atoms with Crippen molar-refractivity contribution in [3.63, 3.8) is 0 Å². The molecule has 2 aromatic heterocycles. The van der Waals surface area contributed by atoms with Crippen LogP contribution in [0.25, 0.3) is 0 Å². The van der Waals surface area contributed by atoms with Gasteiger partial charge in [0.1, 0.15) is 10.8 Å². The van der Waals surface area contributed by atoms with Crippen LogP contribution in [-0.2, 0) is 6.42 Å². The summed E-state index contributed by atoms with van der Waals surface area (Å²) in [6, 6.07) is 0. The van der Waals surface area contributed by atoms with Gasteiger partial charge in [-0.25, -0.2) is 14.8 Å². The predicted molar refractivity (Wildman–Crippen MR) is 64.5 cm³/mol. The van der Waals surface area contributed by atoms with Crippen LogP contribution in [0.1, 0.15) is 22.7 Å².